The molecule has 2 nitrogen and oxygen atoms in total. The van der Waals surface area contributed by atoms with Crippen molar-refractivity contribution in [1.82, 2.24) is 0 Å². The SMILES string of the molecule is CCc1ccc(Oc2ccccc2C(C)N)cc1. The molecule has 1 unspecified atom stereocenters. The lowest BCUT2D eigenvalue weighted by molar-refractivity contribution is 0.472. The van der Waals surface area contributed by atoms with Gasteiger partial charge in [-0.3, -0.25) is 0 Å². The Kier molecular flexibility index (Phi) is 4.00. The minimum Gasteiger partial charge on any atom is -0.457 e. The van der Waals surface area contributed by atoms with E-state index in [1.165, 1.54) is 5.56 Å². The lowest BCUT2D eigenvalue weighted by atomic mass is 10.1. The Balaban J connectivity index is 2.22. The molecule has 2 heteroatoms. The Hall–Kier alpha value is -1.80. The van der Waals surface area contributed by atoms with E-state index in [2.05, 4.69) is 19.1 Å². The number of nitrogens with two attached hydrogens (primary N) is 1. The second-order valence-electron chi connectivity index (χ2n) is 4.43. The van der Waals surface area contributed by atoms with Gasteiger partial charge in [0.15, 0.2) is 0 Å². The first-order chi connectivity index (χ1) is 8.70. The van der Waals surface area contributed by atoms with Crippen molar-refractivity contribution in [1.29, 1.82) is 0 Å². The van der Waals surface area contributed by atoms with Crippen LogP contribution in [0.15, 0.2) is 48.5 Å². The van der Waals surface area contributed by atoms with Crippen LogP contribution in [0.25, 0.3) is 0 Å². The number of rotatable bonds is 4. The summed E-state index contributed by atoms with van der Waals surface area (Å²) >= 11 is 0. The monoisotopic (exact) mass is 241 g/mol. The van der Waals surface area contributed by atoms with Crippen LogP contribution >= 0.6 is 0 Å². The van der Waals surface area contributed by atoms with Gasteiger partial charge in [-0.25, -0.2) is 0 Å². The van der Waals surface area contributed by atoms with Crippen LogP contribution in [-0.4, -0.2) is 0 Å². The molecule has 0 amide bonds. The number of para-hydroxylation sites is 1. The van der Waals surface area contributed by atoms with Gasteiger partial charge in [-0.05, 0) is 37.1 Å². The highest BCUT2D eigenvalue weighted by Gasteiger charge is 2.07. The third kappa shape index (κ3) is 2.90. The van der Waals surface area contributed by atoms with Gasteiger partial charge in [0.1, 0.15) is 11.5 Å². The van der Waals surface area contributed by atoms with Crippen LogP contribution in [0.1, 0.15) is 31.0 Å². The summed E-state index contributed by atoms with van der Waals surface area (Å²) < 4.78 is 5.89. The molecule has 1 atom stereocenters. The number of benzene rings is 2. The van der Waals surface area contributed by atoms with Gasteiger partial charge in [0.25, 0.3) is 0 Å². The van der Waals surface area contributed by atoms with Crippen LogP contribution in [0.3, 0.4) is 0 Å². The fraction of sp³-hybridized carbons (Fsp3) is 0.250. The average Bonchev–Trinajstić information content (AvgIpc) is 2.40. The first kappa shape index (κ1) is 12.7. The molecular weight excluding hydrogens is 222 g/mol. The zero-order valence-corrected chi connectivity index (χ0v) is 10.9. The van der Waals surface area contributed by atoms with Crippen molar-refractivity contribution in [2.24, 2.45) is 5.73 Å². The Morgan fingerprint density at radius 2 is 1.72 bits per heavy atom. The van der Waals surface area contributed by atoms with Crippen LogP contribution in [-0.2, 0) is 6.42 Å². The maximum Gasteiger partial charge on any atom is 0.132 e. The number of hydrogen-bond donors (Lipinski definition) is 1. The summed E-state index contributed by atoms with van der Waals surface area (Å²) in [5.41, 5.74) is 8.27. The van der Waals surface area contributed by atoms with Gasteiger partial charge < -0.3 is 10.5 Å². The van der Waals surface area contributed by atoms with Gasteiger partial charge in [-0.1, -0.05) is 37.3 Å². The first-order valence-corrected chi connectivity index (χ1v) is 6.32. The van der Waals surface area contributed by atoms with Crippen LogP contribution in [0.5, 0.6) is 11.5 Å². The lowest BCUT2D eigenvalue weighted by Gasteiger charge is -2.13. The maximum absolute atomic E-state index is 5.93. The summed E-state index contributed by atoms with van der Waals surface area (Å²) in [7, 11) is 0. The highest BCUT2D eigenvalue weighted by atomic mass is 16.5. The van der Waals surface area contributed by atoms with Crippen molar-refractivity contribution in [3.8, 4) is 11.5 Å². The smallest absolute Gasteiger partial charge is 0.132 e. The van der Waals surface area contributed by atoms with Crippen LogP contribution in [0.4, 0.5) is 0 Å². The van der Waals surface area contributed by atoms with Crippen LogP contribution in [0.2, 0.25) is 0 Å². The van der Waals surface area contributed by atoms with E-state index in [1.54, 1.807) is 0 Å². The Labute approximate surface area is 108 Å². The third-order valence-electron chi connectivity index (χ3n) is 2.97. The van der Waals surface area contributed by atoms with E-state index >= 15 is 0 Å². The molecule has 0 aliphatic heterocycles. The second-order valence-corrected chi connectivity index (χ2v) is 4.43. The van der Waals surface area contributed by atoms with Crippen LogP contribution in [0, 0.1) is 0 Å². The number of ether oxygens (including phenoxy) is 1. The predicted molar refractivity (Wildman–Crippen MR) is 74.9 cm³/mol. The molecular formula is C16H19NO. The molecule has 0 saturated carbocycles. The van der Waals surface area contributed by atoms with Gasteiger partial charge in [-0.15, -0.1) is 0 Å². The minimum atomic E-state index is -0.0314. The quantitative estimate of drug-likeness (QED) is 0.876. The van der Waals surface area contributed by atoms with Gasteiger partial charge in [0.2, 0.25) is 0 Å². The average molecular weight is 241 g/mol. The van der Waals surface area contributed by atoms with E-state index < -0.39 is 0 Å². The second kappa shape index (κ2) is 5.69. The fourth-order valence-electron chi connectivity index (χ4n) is 1.87. The zero-order valence-electron chi connectivity index (χ0n) is 10.9. The molecule has 2 rings (SSSR count). The van der Waals surface area contributed by atoms with Crippen molar-refractivity contribution in [3.63, 3.8) is 0 Å². The van der Waals surface area contributed by atoms with Gasteiger partial charge in [0.05, 0.1) is 0 Å². The number of hydrogen-bond acceptors (Lipinski definition) is 2. The third-order valence-corrected chi connectivity index (χ3v) is 2.97. The molecule has 0 aliphatic rings. The van der Waals surface area contributed by atoms with Gasteiger partial charge >= 0.3 is 0 Å². The highest BCUT2D eigenvalue weighted by Crippen LogP contribution is 2.28. The standard InChI is InChI=1S/C16H19NO/c1-3-13-8-10-14(11-9-13)18-16-7-5-4-6-15(16)12(2)17/h4-12H,3,17H2,1-2H3. The molecule has 0 bridgehead atoms. The molecule has 18 heavy (non-hydrogen) atoms. The molecule has 2 aromatic carbocycles. The Morgan fingerprint density at radius 3 is 2.33 bits per heavy atom. The Morgan fingerprint density at radius 1 is 1.06 bits per heavy atom. The summed E-state index contributed by atoms with van der Waals surface area (Å²) in [6.07, 6.45) is 1.04. The highest BCUT2D eigenvalue weighted by molar-refractivity contribution is 5.39. The van der Waals surface area contributed by atoms with Crippen molar-refractivity contribution in [3.05, 3.63) is 59.7 Å². The van der Waals surface area contributed by atoms with Crippen molar-refractivity contribution < 1.29 is 4.74 Å². The van der Waals surface area contributed by atoms with Crippen LogP contribution < -0.4 is 10.5 Å². The predicted octanol–water partition coefficient (Wildman–Crippen LogP) is 4.06. The summed E-state index contributed by atoms with van der Waals surface area (Å²) in [5.74, 6) is 1.68. The van der Waals surface area contributed by atoms with Gasteiger partial charge in [-0.2, -0.15) is 0 Å². The van der Waals surface area contributed by atoms with Crippen molar-refractivity contribution in [2.45, 2.75) is 26.3 Å². The molecule has 0 aromatic heterocycles. The summed E-state index contributed by atoms with van der Waals surface area (Å²) in [6.45, 7) is 4.10. The van der Waals surface area contributed by atoms with E-state index in [1.807, 2.05) is 43.3 Å². The fourth-order valence-corrected chi connectivity index (χ4v) is 1.87. The molecule has 94 valence electrons. The Bertz CT molecular complexity index is 503. The summed E-state index contributed by atoms with van der Waals surface area (Å²) in [6, 6.07) is 16.0. The normalized spacial score (nSPS) is 12.2. The number of aryl methyl sites for hydroxylation is 1. The molecule has 0 saturated heterocycles. The molecule has 2 N–H and O–H groups in total. The topological polar surface area (TPSA) is 35.2 Å². The zero-order chi connectivity index (χ0) is 13.0. The summed E-state index contributed by atoms with van der Waals surface area (Å²) in [4.78, 5) is 0. The van der Waals surface area contributed by atoms with E-state index in [4.69, 9.17) is 10.5 Å². The summed E-state index contributed by atoms with van der Waals surface area (Å²) in [5, 5.41) is 0. The van der Waals surface area contributed by atoms with Gasteiger partial charge in [0, 0.05) is 11.6 Å². The van der Waals surface area contributed by atoms with E-state index in [-0.39, 0.29) is 6.04 Å². The maximum atomic E-state index is 5.93. The molecule has 0 radical (unpaired) electrons. The molecule has 2 aromatic rings. The van der Waals surface area contributed by atoms with E-state index in [0.29, 0.717) is 0 Å². The van der Waals surface area contributed by atoms with E-state index in [0.717, 1.165) is 23.5 Å². The molecule has 0 fully saturated rings. The van der Waals surface area contributed by atoms with Crippen molar-refractivity contribution >= 4 is 0 Å². The van der Waals surface area contributed by atoms with E-state index in [9.17, 15) is 0 Å². The molecule has 0 spiro atoms. The molecule has 0 heterocycles. The lowest BCUT2D eigenvalue weighted by Crippen LogP contribution is -2.06. The van der Waals surface area contributed by atoms with Crippen molar-refractivity contribution in [2.75, 3.05) is 0 Å². The largest absolute Gasteiger partial charge is 0.457 e. The molecule has 0 aliphatic carbocycles. The minimum absolute atomic E-state index is 0.0314. The first-order valence-electron chi connectivity index (χ1n) is 6.32.